The van der Waals surface area contributed by atoms with Crippen LogP contribution in [0.2, 0.25) is 0 Å². The maximum atomic E-state index is 5.15. The third kappa shape index (κ3) is 2.69. The predicted octanol–water partition coefficient (Wildman–Crippen LogP) is 3.61. The monoisotopic (exact) mass is 248 g/mol. The number of ether oxygens (including phenoxy) is 1. The smallest absolute Gasteiger partial charge is 0.0465 e. The van der Waals surface area contributed by atoms with E-state index in [-0.39, 0.29) is 0 Å². The van der Waals surface area contributed by atoms with Gasteiger partial charge in [-0.05, 0) is 30.6 Å². The predicted molar refractivity (Wildman–Crippen MR) is 60.4 cm³/mol. The van der Waals surface area contributed by atoms with Gasteiger partial charge in [-0.3, -0.25) is 0 Å². The maximum absolute atomic E-state index is 5.15. The lowest BCUT2D eigenvalue weighted by Gasteiger charge is -2.33. The molecule has 78 valence electrons. The highest BCUT2D eigenvalue weighted by Gasteiger charge is 2.37. The molecule has 1 aliphatic rings. The summed E-state index contributed by atoms with van der Waals surface area (Å²) in [5, 5.41) is 1.17. The molecular weight excluding hydrogens is 228 g/mol. The minimum atomic E-state index is 0.582. The molecule has 0 aliphatic heterocycles. The zero-order chi connectivity index (χ0) is 9.73. The molecule has 1 atom stereocenters. The summed E-state index contributed by atoms with van der Waals surface area (Å²) in [6.07, 6.45) is 6.86. The average molecular weight is 249 g/mol. The molecule has 0 N–H and O–H groups in total. The first kappa shape index (κ1) is 11.5. The summed E-state index contributed by atoms with van der Waals surface area (Å²) >= 11 is 3.69. The highest BCUT2D eigenvalue weighted by molar-refractivity contribution is 9.09. The quantitative estimate of drug-likeness (QED) is 0.676. The van der Waals surface area contributed by atoms with Gasteiger partial charge in [-0.25, -0.2) is 0 Å². The van der Waals surface area contributed by atoms with Crippen LogP contribution in [0.4, 0.5) is 0 Å². The van der Waals surface area contributed by atoms with Crippen LogP contribution < -0.4 is 0 Å². The van der Waals surface area contributed by atoms with Crippen LogP contribution in [-0.2, 0) is 4.74 Å². The van der Waals surface area contributed by atoms with Gasteiger partial charge in [-0.15, -0.1) is 0 Å². The second kappa shape index (κ2) is 5.35. The normalized spacial score (nSPS) is 23.3. The van der Waals surface area contributed by atoms with Gasteiger partial charge < -0.3 is 4.74 Å². The fourth-order valence-electron chi connectivity index (χ4n) is 2.44. The lowest BCUT2D eigenvalue weighted by atomic mass is 9.75. The molecule has 1 aliphatic carbocycles. The summed E-state index contributed by atoms with van der Waals surface area (Å²) in [5.74, 6) is 0.800. The Morgan fingerprint density at radius 2 is 2.00 bits per heavy atom. The van der Waals surface area contributed by atoms with Crippen molar-refractivity contribution in [1.29, 1.82) is 0 Å². The van der Waals surface area contributed by atoms with Crippen molar-refractivity contribution >= 4 is 15.9 Å². The lowest BCUT2D eigenvalue weighted by Crippen LogP contribution is -2.28. The van der Waals surface area contributed by atoms with E-state index in [0.717, 1.165) is 12.5 Å². The van der Waals surface area contributed by atoms with E-state index in [1.54, 1.807) is 7.11 Å². The van der Waals surface area contributed by atoms with Gasteiger partial charge in [0.15, 0.2) is 0 Å². The Hall–Kier alpha value is 0.440. The zero-order valence-electron chi connectivity index (χ0n) is 8.81. The van der Waals surface area contributed by atoms with Crippen molar-refractivity contribution in [3.05, 3.63) is 0 Å². The average Bonchev–Trinajstić information content (AvgIpc) is 2.63. The molecule has 1 nitrogen and oxygen atoms in total. The van der Waals surface area contributed by atoms with Gasteiger partial charge in [0.1, 0.15) is 0 Å². The summed E-state index contributed by atoms with van der Waals surface area (Å²) in [4.78, 5) is 0. The molecule has 1 saturated carbocycles. The van der Waals surface area contributed by atoms with Crippen LogP contribution in [0.3, 0.4) is 0 Å². The highest BCUT2D eigenvalue weighted by atomic mass is 79.9. The van der Waals surface area contributed by atoms with Gasteiger partial charge in [-0.1, -0.05) is 35.7 Å². The third-order valence-electron chi connectivity index (χ3n) is 3.67. The Kier molecular flexibility index (Phi) is 4.74. The lowest BCUT2D eigenvalue weighted by molar-refractivity contribution is 0.132. The van der Waals surface area contributed by atoms with E-state index >= 15 is 0 Å². The van der Waals surface area contributed by atoms with Gasteiger partial charge in [0.2, 0.25) is 0 Å². The molecule has 13 heavy (non-hydrogen) atoms. The molecule has 0 amide bonds. The van der Waals surface area contributed by atoms with Crippen molar-refractivity contribution in [1.82, 2.24) is 0 Å². The Labute approximate surface area is 90.4 Å². The van der Waals surface area contributed by atoms with Crippen molar-refractivity contribution in [3.63, 3.8) is 0 Å². The van der Waals surface area contributed by atoms with Crippen molar-refractivity contribution in [2.24, 2.45) is 11.3 Å². The molecule has 0 aromatic heterocycles. The first-order valence-electron chi connectivity index (χ1n) is 5.30. The Bertz CT molecular complexity index is 141. The standard InChI is InChI=1S/C11H21BrO/c1-10(5-8-13-2)11(9-12)6-3-4-7-11/h10H,3-9H2,1-2H3. The Balaban J connectivity index is 2.44. The van der Waals surface area contributed by atoms with Crippen LogP contribution >= 0.6 is 15.9 Å². The molecule has 0 spiro atoms. The molecule has 2 heteroatoms. The van der Waals surface area contributed by atoms with E-state index in [2.05, 4.69) is 22.9 Å². The molecule has 0 radical (unpaired) electrons. The summed E-state index contributed by atoms with van der Waals surface area (Å²) in [6.45, 7) is 3.29. The second-order valence-corrected chi connectivity index (χ2v) is 4.95. The van der Waals surface area contributed by atoms with Crippen molar-refractivity contribution in [2.45, 2.75) is 39.0 Å². The van der Waals surface area contributed by atoms with Crippen molar-refractivity contribution in [3.8, 4) is 0 Å². The molecule has 0 bridgehead atoms. The fourth-order valence-corrected chi connectivity index (χ4v) is 3.55. The number of hydrogen-bond acceptors (Lipinski definition) is 1. The molecule has 1 fully saturated rings. The van der Waals surface area contributed by atoms with E-state index in [9.17, 15) is 0 Å². The van der Waals surface area contributed by atoms with Crippen LogP contribution in [0.5, 0.6) is 0 Å². The minimum absolute atomic E-state index is 0.582. The number of rotatable bonds is 5. The SMILES string of the molecule is COCCC(C)C1(CBr)CCCC1. The minimum Gasteiger partial charge on any atom is -0.385 e. The first-order valence-corrected chi connectivity index (χ1v) is 6.42. The largest absolute Gasteiger partial charge is 0.385 e. The second-order valence-electron chi connectivity index (χ2n) is 4.39. The van der Waals surface area contributed by atoms with E-state index < -0.39 is 0 Å². The van der Waals surface area contributed by atoms with Gasteiger partial charge >= 0.3 is 0 Å². The maximum Gasteiger partial charge on any atom is 0.0465 e. The number of hydrogen-bond donors (Lipinski definition) is 0. The molecule has 0 aromatic carbocycles. The van der Waals surface area contributed by atoms with Gasteiger partial charge in [0, 0.05) is 19.0 Å². The Morgan fingerprint density at radius 1 is 1.38 bits per heavy atom. The van der Waals surface area contributed by atoms with E-state index in [1.165, 1.54) is 37.4 Å². The van der Waals surface area contributed by atoms with E-state index in [0.29, 0.717) is 5.41 Å². The van der Waals surface area contributed by atoms with Crippen molar-refractivity contribution < 1.29 is 4.74 Å². The molecular formula is C11H21BrO. The fraction of sp³-hybridized carbons (Fsp3) is 1.00. The summed E-state index contributed by atoms with van der Waals surface area (Å²) in [6, 6.07) is 0. The van der Waals surface area contributed by atoms with Gasteiger partial charge in [-0.2, -0.15) is 0 Å². The number of alkyl halides is 1. The zero-order valence-corrected chi connectivity index (χ0v) is 10.4. The van der Waals surface area contributed by atoms with Crippen molar-refractivity contribution in [2.75, 3.05) is 19.0 Å². The van der Waals surface area contributed by atoms with Gasteiger partial charge in [0.05, 0.1) is 0 Å². The van der Waals surface area contributed by atoms with E-state index in [4.69, 9.17) is 4.74 Å². The molecule has 0 saturated heterocycles. The van der Waals surface area contributed by atoms with Crippen LogP contribution in [0.25, 0.3) is 0 Å². The topological polar surface area (TPSA) is 9.23 Å². The Morgan fingerprint density at radius 3 is 2.46 bits per heavy atom. The highest BCUT2D eigenvalue weighted by Crippen LogP contribution is 2.46. The molecule has 0 heterocycles. The number of halogens is 1. The van der Waals surface area contributed by atoms with E-state index in [1.807, 2.05) is 0 Å². The van der Waals surface area contributed by atoms with Crippen LogP contribution in [-0.4, -0.2) is 19.0 Å². The van der Waals surface area contributed by atoms with Crippen LogP contribution in [0.1, 0.15) is 39.0 Å². The molecule has 0 aromatic rings. The molecule has 1 unspecified atom stereocenters. The van der Waals surface area contributed by atoms with Crippen LogP contribution in [0.15, 0.2) is 0 Å². The van der Waals surface area contributed by atoms with Crippen LogP contribution in [0, 0.1) is 11.3 Å². The molecule has 1 rings (SSSR count). The number of methoxy groups -OCH3 is 1. The van der Waals surface area contributed by atoms with Gasteiger partial charge in [0.25, 0.3) is 0 Å². The third-order valence-corrected chi connectivity index (χ3v) is 4.78. The summed E-state index contributed by atoms with van der Waals surface area (Å²) in [5.41, 5.74) is 0.582. The summed E-state index contributed by atoms with van der Waals surface area (Å²) in [7, 11) is 1.79. The summed E-state index contributed by atoms with van der Waals surface area (Å²) < 4.78 is 5.15. The first-order chi connectivity index (χ1) is 6.25.